The number of hydrogen-bond donors (Lipinski definition) is 2. The minimum absolute atomic E-state index is 0.0238. The summed E-state index contributed by atoms with van der Waals surface area (Å²) in [5.41, 5.74) is 1.70. The number of carbonyl (C=O) groups is 1. The van der Waals surface area contributed by atoms with Crippen LogP contribution in [0.4, 0.5) is 5.69 Å². The van der Waals surface area contributed by atoms with Crippen LogP contribution in [-0.2, 0) is 4.74 Å². The second-order valence-corrected chi connectivity index (χ2v) is 5.16. The third-order valence-corrected chi connectivity index (χ3v) is 3.21. The maximum Gasteiger partial charge on any atom is 0.251 e. The molecule has 0 aliphatic heterocycles. The summed E-state index contributed by atoms with van der Waals surface area (Å²) in [4.78, 5) is 11.9. The quantitative estimate of drug-likeness (QED) is 0.793. The van der Waals surface area contributed by atoms with Crippen molar-refractivity contribution in [3.63, 3.8) is 0 Å². The highest BCUT2D eigenvalue weighted by atomic mass is 16.5. The van der Waals surface area contributed by atoms with E-state index in [-0.39, 0.29) is 5.91 Å². The van der Waals surface area contributed by atoms with E-state index < -0.39 is 0 Å². The molecule has 1 saturated carbocycles. The van der Waals surface area contributed by atoms with Gasteiger partial charge < -0.3 is 15.4 Å². The van der Waals surface area contributed by atoms with E-state index in [1.165, 1.54) is 0 Å². The summed E-state index contributed by atoms with van der Waals surface area (Å²) in [6.45, 7) is 2.84. The minimum Gasteiger partial charge on any atom is -0.385 e. The first-order valence-electron chi connectivity index (χ1n) is 6.85. The molecule has 1 aromatic carbocycles. The Bertz CT molecular complexity index is 430. The predicted molar refractivity (Wildman–Crippen MR) is 76.5 cm³/mol. The summed E-state index contributed by atoms with van der Waals surface area (Å²) in [6, 6.07) is 8.36. The van der Waals surface area contributed by atoms with Gasteiger partial charge in [-0.05, 0) is 44.4 Å². The molecule has 4 heteroatoms. The summed E-state index contributed by atoms with van der Waals surface area (Å²) in [5.74, 6) is 0.0238. The van der Waals surface area contributed by atoms with Crippen molar-refractivity contribution in [2.75, 3.05) is 19.0 Å². The minimum atomic E-state index is 0.0238. The Balaban J connectivity index is 1.91. The van der Waals surface area contributed by atoms with Gasteiger partial charge in [-0.25, -0.2) is 0 Å². The van der Waals surface area contributed by atoms with Gasteiger partial charge in [0.05, 0.1) is 0 Å². The van der Waals surface area contributed by atoms with E-state index >= 15 is 0 Å². The maximum absolute atomic E-state index is 11.9. The Morgan fingerprint density at radius 1 is 1.47 bits per heavy atom. The SMILES string of the molecule is COCCC(C)Nc1cccc(C(=O)NC2CC2)c1. The van der Waals surface area contributed by atoms with E-state index in [1.807, 2.05) is 24.3 Å². The molecule has 1 amide bonds. The van der Waals surface area contributed by atoms with Gasteiger partial charge in [-0.2, -0.15) is 0 Å². The molecule has 1 aliphatic carbocycles. The monoisotopic (exact) mass is 262 g/mol. The molecule has 2 N–H and O–H groups in total. The second-order valence-electron chi connectivity index (χ2n) is 5.16. The second kappa shape index (κ2) is 6.57. The Labute approximate surface area is 114 Å². The summed E-state index contributed by atoms with van der Waals surface area (Å²) >= 11 is 0. The smallest absolute Gasteiger partial charge is 0.251 e. The maximum atomic E-state index is 11.9. The van der Waals surface area contributed by atoms with Crippen LogP contribution >= 0.6 is 0 Å². The Kier molecular flexibility index (Phi) is 4.80. The highest BCUT2D eigenvalue weighted by Gasteiger charge is 2.23. The Morgan fingerprint density at radius 3 is 2.95 bits per heavy atom. The van der Waals surface area contributed by atoms with Crippen LogP contribution < -0.4 is 10.6 Å². The molecule has 4 nitrogen and oxygen atoms in total. The number of hydrogen-bond acceptors (Lipinski definition) is 3. The van der Waals surface area contributed by atoms with Crippen molar-refractivity contribution in [2.24, 2.45) is 0 Å². The van der Waals surface area contributed by atoms with Gasteiger partial charge >= 0.3 is 0 Å². The average Bonchev–Trinajstić information content (AvgIpc) is 3.20. The van der Waals surface area contributed by atoms with Crippen molar-refractivity contribution in [2.45, 2.75) is 38.3 Å². The molecule has 2 rings (SSSR count). The van der Waals surface area contributed by atoms with Crippen molar-refractivity contribution in [1.29, 1.82) is 0 Å². The molecule has 1 atom stereocenters. The van der Waals surface area contributed by atoms with Crippen LogP contribution in [0, 0.1) is 0 Å². The third-order valence-electron chi connectivity index (χ3n) is 3.21. The summed E-state index contributed by atoms with van der Waals surface area (Å²) in [5, 5.41) is 6.38. The van der Waals surface area contributed by atoms with Crippen molar-refractivity contribution < 1.29 is 9.53 Å². The molecular formula is C15H22N2O2. The largest absolute Gasteiger partial charge is 0.385 e. The van der Waals surface area contributed by atoms with E-state index in [0.29, 0.717) is 12.1 Å². The van der Waals surface area contributed by atoms with Gasteiger partial charge in [0.1, 0.15) is 0 Å². The van der Waals surface area contributed by atoms with E-state index in [2.05, 4.69) is 17.6 Å². The highest BCUT2D eigenvalue weighted by Crippen LogP contribution is 2.20. The van der Waals surface area contributed by atoms with Crippen LogP contribution in [-0.4, -0.2) is 31.7 Å². The fourth-order valence-corrected chi connectivity index (χ4v) is 1.90. The standard InChI is InChI=1S/C15H22N2O2/c1-11(8-9-19-2)16-14-5-3-4-12(10-14)15(18)17-13-6-7-13/h3-5,10-11,13,16H,6-9H2,1-2H3,(H,17,18). The molecule has 1 aliphatic rings. The van der Waals surface area contributed by atoms with Crippen LogP contribution in [0.5, 0.6) is 0 Å². The average molecular weight is 262 g/mol. The van der Waals surface area contributed by atoms with Crippen LogP contribution in [0.2, 0.25) is 0 Å². The van der Waals surface area contributed by atoms with Crippen LogP contribution in [0.3, 0.4) is 0 Å². The van der Waals surface area contributed by atoms with Crippen molar-refractivity contribution >= 4 is 11.6 Å². The fraction of sp³-hybridized carbons (Fsp3) is 0.533. The zero-order valence-corrected chi connectivity index (χ0v) is 11.6. The number of carbonyl (C=O) groups excluding carboxylic acids is 1. The zero-order valence-electron chi connectivity index (χ0n) is 11.6. The normalized spacial score (nSPS) is 15.9. The zero-order chi connectivity index (χ0) is 13.7. The number of amides is 1. The summed E-state index contributed by atoms with van der Waals surface area (Å²) < 4.78 is 5.06. The Morgan fingerprint density at radius 2 is 2.26 bits per heavy atom. The molecule has 0 bridgehead atoms. The van der Waals surface area contributed by atoms with Gasteiger partial charge in [-0.1, -0.05) is 6.07 Å². The van der Waals surface area contributed by atoms with E-state index in [1.54, 1.807) is 7.11 Å². The molecule has 0 aromatic heterocycles. The summed E-state index contributed by atoms with van der Waals surface area (Å²) in [7, 11) is 1.70. The van der Waals surface area contributed by atoms with Gasteiger partial charge in [0.15, 0.2) is 0 Å². The van der Waals surface area contributed by atoms with Gasteiger partial charge in [0.2, 0.25) is 0 Å². The fourth-order valence-electron chi connectivity index (χ4n) is 1.90. The molecule has 0 heterocycles. The Hall–Kier alpha value is -1.55. The molecule has 1 unspecified atom stereocenters. The van der Waals surface area contributed by atoms with Crippen LogP contribution in [0.1, 0.15) is 36.5 Å². The number of methoxy groups -OCH3 is 1. The predicted octanol–water partition coefficient (Wildman–Crippen LogP) is 2.42. The van der Waals surface area contributed by atoms with Crippen LogP contribution in [0.25, 0.3) is 0 Å². The first kappa shape index (κ1) is 13.9. The molecule has 0 radical (unpaired) electrons. The van der Waals surface area contributed by atoms with Crippen molar-refractivity contribution in [1.82, 2.24) is 5.32 Å². The highest BCUT2D eigenvalue weighted by molar-refractivity contribution is 5.95. The first-order chi connectivity index (χ1) is 9.19. The molecule has 1 aromatic rings. The lowest BCUT2D eigenvalue weighted by atomic mass is 10.1. The molecule has 104 valence electrons. The lowest BCUT2D eigenvalue weighted by molar-refractivity contribution is 0.0951. The molecule has 19 heavy (non-hydrogen) atoms. The molecule has 1 fully saturated rings. The summed E-state index contributed by atoms with van der Waals surface area (Å²) in [6.07, 6.45) is 3.16. The van der Waals surface area contributed by atoms with E-state index in [4.69, 9.17) is 4.74 Å². The van der Waals surface area contributed by atoms with Gasteiger partial charge in [-0.15, -0.1) is 0 Å². The third kappa shape index (κ3) is 4.56. The van der Waals surface area contributed by atoms with E-state index in [9.17, 15) is 4.79 Å². The lowest BCUT2D eigenvalue weighted by Gasteiger charge is -2.15. The number of nitrogens with one attached hydrogen (secondary N) is 2. The van der Waals surface area contributed by atoms with Crippen molar-refractivity contribution in [3.8, 4) is 0 Å². The molecular weight excluding hydrogens is 240 g/mol. The number of ether oxygens (including phenoxy) is 1. The first-order valence-corrected chi connectivity index (χ1v) is 6.85. The molecule has 0 spiro atoms. The number of benzene rings is 1. The van der Waals surface area contributed by atoms with Crippen LogP contribution in [0.15, 0.2) is 24.3 Å². The van der Waals surface area contributed by atoms with Gasteiger partial charge in [0, 0.05) is 37.1 Å². The van der Waals surface area contributed by atoms with Gasteiger partial charge in [0.25, 0.3) is 5.91 Å². The van der Waals surface area contributed by atoms with Gasteiger partial charge in [-0.3, -0.25) is 4.79 Å². The number of anilines is 1. The topological polar surface area (TPSA) is 50.4 Å². The van der Waals surface area contributed by atoms with Crippen molar-refractivity contribution in [3.05, 3.63) is 29.8 Å². The lowest BCUT2D eigenvalue weighted by Crippen LogP contribution is -2.25. The number of rotatable bonds is 7. The molecule has 0 saturated heterocycles. The van der Waals surface area contributed by atoms with E-state index in [0.717, 1.165) is 37.1 Å².